The zero-order chi connectivity index (χ0) is 16.2. The van der Waals surface area contributed by atoms with Gasteiger partial charge in [0.1, 0.15) is 11.4 Å². The molecule has 0 aliphatic heterocycles. The summed E-state index contributed by atoms with van der Waals surface area (Å²) in [4.78, 5) is 16.1. The standard InChI is InChI=1S/C17H20N2O3/c1-17(2,3)22-15-6-4-5-13(9-15)19-16(21)12-7-8-14(11-20)18-10-12/h4-10,20H,11H2,1-3H3,(H,19,21). The van der Waals surface area contributed by atoms with E-state index in [0.717, 1.165) is 0 Å². The third-order valence-corrected chi connectivity index (χ3v) is 2.76. The van der Waals surface area contributed by atoms with Gasteiger partial charge in [-0.1, -0.05) is 6.07 Å². The predicted octanol–water partition coefficient (Wildman–Crippen LogP) is 3.00. The Morgan fingerprint density at radius 3 is 2.64 bits per heavy atom. The van der Waals surface area contributed by atoms with Gasteiger partial charge in [0.15, 0.2) is 0 Å². The van der Waals surface area contributed by atoms with Gasteiger partial charge in [0.05, 0.1) is 17.9 Å². The Balaban J connectivity index is 2.09. The van der Waals surface area contributed by atoms with Crippen molar-refractivity contribution in [2.24, 2.45) is 0 Å². The molecule has 5 heteroatoms. The highest BCUT2D eigenvalue weighted by Crippen LogP contribution is 2.22. The van der Waals surface area contributed by atoms with E-state index in [1.807, 2.05) is 32.9 Å². The van der Waals surface area contributed by atoms with Crippen molar-refractivity contribution in [1.29, 1.82) is 0 Å². The molecule has 0 aliphatic rings. The Kier molecular flexibility index (Phi) is 4.78. The van der Waals surface area contributed by atoms with Gasteiger partial charge in [-0.2, -0.15) is 0 Å². The van der Waals surface area contributed by atoms with Crippen molar-refractivity contribution in [3.8, 4) is 5.75 Å². The largest absolute Gasteiger partial charge is 0.488 e. The minimum Gasteiger partial charge on any atom is -0.488 e. The molecule has 1 aromatic carbocycles. The maximum atomic E-state index is 12.2. The molecule has 116 valence electrons. The number of amides is 1. The van der Waals surface area contributed by atoms with Crippen molar-refractivity contribution in [3.05, 3.63) is 53.9 Å². The van der Waals surface area contributed by atoms with Crippen LogP contribution >= 0.6 is 0 Å². The summed E-state index contributed by atoms with van der Waals surface area (Å²) in [6.07, 6.45) is 1.44. The van der Waals surface area contributed by atoms with Crippen LogP contribution in [0, 0.1) is 0 Å². The Bertz CT molecular complexity index is 646. The van der Waals surface area contributed by atoms with E-state index < -0.39 is 0 Å². The van der Waals surface area contributed by atoms with Crippen LogP contribution in [0.25, 0.3) is 0 Å². The number of aliphatic hydroxyl groups is 1. The van der Waals surface area contributed by atoms with Crippen LogP contribution in [0.4, 0.5) is 5.69 Å². The van der Waals surface area contributed by atoms with Crippen molar-refractivity contribution in [2.45, 2.75) is 33.0 Å². The molecule has 0 aliphatic carbocycles. The second-order valence-electron chi connectivity index (χ2n) is 5.89. The summed E-state index contributed by atoms with van der Waals surface area (Å²) in [5, 5.41) is 11.7. The zero-order valence-corrected chi connectivity index (χ0v) is 13.0. The molecule has 22 heavy (non-hydrogen) atoms. The zero-order valence-electron chi connectivity index (χ0n) is 13.0. The molecule has 1 amide bonds. The molecule has 5 nitrogen and oxygen atoms in total. The molecule has 1 heterocycles. The first-order valence-corrected chi connectivity index (χ1v) is 7.03. The highest BCUT2D eigenvalue weighted by molar-refractivity contribution is 6.04. The summed E-state index contributed by atoms with van der Waals surface area (Å²) in [5.41, 5.74) is 1.31. The number of rotatable bonds is 4. The second kappa shape index (κ2) is 6.58. The number of hydrogen-bond donors (Lipinski definition) is 2. The average Bonchev–Trinajstić information content (AvgIpc) is 2.46. The van der Waals surface area contributed by atoms with Gasteiger partial charge in [0, 0.05) is 18.0 Å². The fourth-order valence-corrected chi connectivity index (χ4v) is 1.85. The first-order valence-electron chi connectivity index (χ1n) is 7.03. The molecule has 2 N–H and O–H groups in total. The van der Waals surface area contributed by atoms with Gasteiger partial charge in [-0.25, -0.2) is 0 Å². The third-order valence-electron chi connectivity index (χ3n) is 2.76. The topological polar surface area (TPSA) is 71.5 Å². The molecule has 0 radical (unpaired) electrons. The number of carbonyl (C=O) groups is 1. The Morgan fingerprint density at radius 1 is 1.27 bits per heavy atom. The van der Waals surface area contributed by atoms with Crippen LogP contribution in [0.2, 0.25) is 0 Å². The van der Waals surface area contributed by atoms with Gasteiger partial charge >= 0.3 is 0 Å². The lowest BCUT2D eigenvalue weighted by Gasteiger charge is -2.21. The summed E-state index contributed by atoms with van der Waals surface area (Å²) in [7, 11) is 0. The fraction of sp³-hybridized carbons (Fsp3) is 0.294. The first-order chi connectivity index (χ1) is 10.4. The van der Waals surface area contributed by atoms with Gasteiger partial charge < -0.3 is 15.2 Å². The highest BCUT2D eigenvalue weighted by Gasteiger charge is 2.12. The number of nitrogens with one attached hydrogen (secondary N) is 1. The van der Waals surface area contributed by atoms with Crippen molar-refractivity contribution in [1.82, 2.24) is 4.98 Å². The number of benzene rings is 1. The maximum absolute atomic E-state index is 12.2. The number of nitrogens with zero attached hydrogens (tertiary/aromatic N) is 1. The summed E-state index contributed by atoms with van der Waals surface area (Å²) < 4.78 is 5.77. The van der Waals surface area contributed by atoms with E-state index in [-0.39, 0.29) is 18.1 Å². The van der Waals surface area contributed by atoms with E-state index in [9.17, 15) is 4.79 Å². The summed E-state index contributed by atoms with van der Waals surface area (Å²) in [6.45, 7) is 5.75. The normalized spacial score (nSPS) is 11.1. The molecule has 0 saturated carbocycles. The van der Waals surface area contributed by atoms with Crippen LogP contribution in [-0.2, 0) is 6.61 Å². The lowest BCUT2D eigenvalue weighted by Crippen LogP contribution is -2.23. The molecule has 0 fully saturated rings. The second-order valence-corrected chi connectivity index (χ2v) is 5.89. The molecule has 1 aromatic heterocycles. The number of pyridine rings is 1. The van der Waals surface area contributed by atoms with Crippen molar-refractivity contribution < 1.29 is 14.6 Å². The SMILES string of the molecule is CC(C)(C)Oc1cccc(NC(=O)c2ccc(CO)nc2)c1. The van der Waals surface area contributed by atoms with Crippen LogP contribution in [0.3, 0.4) is 0 Å². The molecular weight excluding hydrogens is 280 g/mol. The van der Waals surface area contributed by atoms with E-state index in [4.69, 9.17) is 9.84 Å². The van der Waals surface area contributed by atoms with Gasteiger partial charge in [-0.05, 0) is 45.0 Å². The number of aromatic nitrogens is 1. The monoisotopic (exact) mass is 300 g/mol. The maximum Gasteiger partial charge on any atom is 0.257 e. The molecule has 0 atom stereocenters. The highest BCUT2D eigenvalue weighted by atomic mass is 16.5. The first kappa shape index (κ1) is 16.0. The van der Waals surface area contributed by atoms with E-state index in [0.29, 0.717) is 22.7 Å². The number of aliphatic hydroxyl groups excluding tert-OH is 1. The van der Waals surface area contributed by atoms with E-state index in [1.54, 1.807) is 24.3 Å². The van der Waals surface area contributed by atoms with E-state index in [1.165, 1.54) is 6.20 Å². The smallest absolute Gasteiger partial charge is 0.257 e. The van der Waals surface area contributed by atoms with Crippen molar-refractivity contribution in [3.63, 3.8) is 0 Å². The number of hydrogen-bond acceptors (Lipinski definition) is 4. The molecule has 2 aromatic rings. The van der Waals surface area contributed by atoms with Crippen LogP contribution in [0.5, 0.6) is 5.75 Å². The molecule has 0 unspecified atom stereocenters. The average molecular weight is 300 g/mol. The minimum absolute atomic E-state index is 0.145. The van der Waals surface area contributed by atoms with Crippen molar-refractivity contribution >= 4 is 11.6 Å². The predicted molar refractivity (Wildman–Crippen MR) is 84.9 cm³/mol. The van der Waals surface area contributed by atoms with Gasteiger partial charge in [-0.15, -0.1) is 0 Å². The lowest BCUT2D eigenvalue weighted by atomic mass is 10.2. The molecular formula is C17H20N2O3. The van der Waals surface area contributed by atoms with Crippen LogP contribution in [-0.4, -0.2) is 21.6 Å². The Labute approximate surface area is 130 Å². The summed E-state index contributed by atoms with van der Waals surface area (Å²) in [6, 6.07) is 10.5. The fourth-order valence-electron chi connectivity index (χ4n) is 1.85. The summed E-state index contributed by atoms with van der Waals surface area (Å²) in [5.74, 6) is 0.434. The Morgan fingerprint density at radius 2 is 2.05 bits per heavy atom. The van der Waals surface area contributed by atoms with Crippen LogP contribution < -0.4 is 10.1 Å². The van der Waals surface area contributed by atoms with E-state index in [2.05, 4.69) is 10.3 Å². The molecule has 2 rings (SSSR count). The van der Waals surface area contributed by atoms with Crippen LogP contribution in [0.1, 0.15) is 36.8 Å². The number of ether oxygens (including phenoxy) is 1. The van der Waals surface area contributed by atoms with Gasteiger partial charge in [-0.3, -0.25) is 9.78 Å². The Hall–Kier alpha value is -2.40. The van der Waals surface area contributed by atoms with Crippen molar-refractivity contribution in [2.75, 3.05) is 5.32 Å². The molecule has 0 spiro atoms. The summed E-state index contributed by atoms with van der Waals surface area (Å²) >= 11 is 0. The quantitative estimate of drug-likeness (QED) is 0.910. The number of anilines is 1. The third kappa shape index (κ3) is 4.56. The van der Waals surface area contributed by atoms with E-state index >= 15 is 0 Å². The van der Waals surface area contributed by atoms with Crippen LogP contribution in [0.15, 0.2) is 42.6 Å². The molecule has 0 bridgehead atoms. The van der Waals surface area contributed by atoms with Gasteiger partial charge in [0.2, 0.25) is 0 Å². The minimum atomic E-state index is -0.299. The number of carbonyl (C=O) groups excluding carboxylic acids is 1. The lowest BCUT2D eigenvalue weighted by molar-refractivity contribution is 0.102. The molecule has 0 saturated heterocycles. The van der Waals surface area contributed by atoms with Gasteiger partial charge in [0.25, 0.3) is 5.91 Å².